The number of aryl methyl sites for hydroxylation is 1. The van der Waals surface area contributed by atoms with Crippen LogP contribution in [0.15, 0.2) is 46.9 Å². The van der Waals surface area contributed by atoms with Gasteiger partial charge >= 0.3 is 0 Å². The second-order valence-electron chi connectivity index (χ2n) is 6.56. The number of oxazole rings is 1. The Labute approximate surface area is 151 Å². The van der Waals surface area contributed by atoms with Gasteiger partial charge in [0, 0.05) is 6.61 Å². The van der Waals surface area contributed by atoms with Crippen LogP contribution in [0.4, 0.5) is 6.01 Å². The first kappa shape index (κ1) is 16.9. The third-order valence-electron chi connectivity index (χ3n) is 4.55. The van der Waals surface area contributed by atoms with Crippen molar-refractivity contribution < 1.29 is 19.0 Å². The molecule has 0 bridgehead atoms. The van der Waals surface area contributed by atoms with Crippen LogP contribution in [-0.2, 0) is 11.3 Å². The van der Waals surface area contributed by atoms with E-state index in [1.54, 1.807) is 0 Å². The Morgan fingerprint density at radius 2 is 2.08 bits per heavy atom. The lowest BCUT2D eigenvalue weighted by Crippen LogP contribution is -2.45. The van der Waals surface area contributed by atoms with Crippen molar-refractivity contribution in [2.24, 2.45) is 0 Å². The van der Waals surface area contributed by atoms with Gasteiger partial charge in [-0.05, 0) is 48.7 Å². The van der Waals surface area contributed by atoms with E-state index >= 15 is 0 Å². The number of aliphatic hydroxyl groups is 1. The monoisotopic (exact) mass is 354 g/mol. The Kier molecular flexibility index (Phi) is 4.77. The fourth-order valence-electron chi connectivity index (χ4n) is 3.10. The number of rotatable bonds is 5. The van der Waals surface area contributed by atoms with Crippen LogP contribution in [0.3, 0.4) is 0 Å². The highest BCUT2D eigenvalue weighted by Crippen LogP contribution is 2.24. The van der Waals surface area contributed by atoms with Crippen LogP contribution in [0, 0.1) is 6.92 Å². The number of hydrogen-bond donors (Lipinski definition) is 2. The minimum Gasteiger partial charge on any atom is -0.486 e. The maximum atomic E-state index is 9.14. The summed E-state index contributed by atoms with van der Waals surface area (Å²) < 4.78 is 17.5. The predicted octanol–water partition coefficient (Wildman–Crippen LogP) is 3.28. The first-order valence-corrected chi connectivity index (χ1v) is 8.79. The molecule has 1 aromatic heterocycles. The van der Waals surface area contributed by atoms with E-state index < -0.39 is 0 Å². The van der Waals surface area contributed by atoms with Crippen molar-refractivity contribution >= 4 is 17.1 Å². The molecule has 1 fully saturated rings. The normalized spacial score (nSPS) is 20.2. The predicted molar refractivity (Wildman–Crippen MR) is 98.4 cm³/mol. The van der Waals surface area contributed by atoms with Crippen molar-refractivity contribution in [2.75, 3.05) is 18.5 Å². The minimum atomic E-state index is -0.152. The van der Waals surface area contributed by atoms with E-state index in [0.717, 1.165) is 34.4 Å². The molecule has 4 rings (SSSR count). The van der Waals surface area contributed by atoms with Gasteiger partial charge in [-0.25, -0.2) is 0 Å². The average molecular weight is 354 g/mol. The maximum Gasteiger partial charge on any atom is 0.296 e. The molecule has 1 aliphatic rings. The molecule has 1 saturated heterocycles. The fraction of sp³-hybridized carbons (Fsp3) is 0.350. The summed E-state index contributed by atoms with van der Waals surface area (Å²) in [6.07, 6.45) is 0.650. The zero-order valence-electron chi connectivity index (χ0n) is 14.6. The van der Waals surface area contributed by atoms with Gasteiger partial charge in [-0.2, -0.15) is 4.98 Å². The summed E-state index contributed by atoms with van der Waals surface area (Å²) in [5.74, 6) is 0.748. The molecular weight excluding hydrogens is 332 g/mol. The maximum absolute atomic E-state index is 9.14. The molecule has 3 aromatic rings. The highest BCUT2D eigenvalue weighted by molar-refractivity contribution is 5.75. The number of hydrogen-bond acceptors (Lipinski definition) is 6. The fourth-order valence-corrected chi connectivity index (χ4v) is 3.10. The highest BCUT2D eigenvalue weighted by Gasteiger charge is 2.29. The van der Waals surface area contributed by atoms with E-state index in [2.05, 4.69) is 10.3 Å². The van der Waals surface area contributed by atoms with Gasteiger partial charge in [-0.1, -0.05) is 18.2 Å². The Hall–Kier alpha value is -2.57. The van der Waals surface area contributed by atoms with Gasteiger partial charge < -0.3 is 24.3 Å². The number of fused-ring (bicyclic) bond motifs is 1. The summed E-state index contributed by atoms with van der Waals surface area (Å²) in [5.41, 5.74) is 3.61. The van der Waals surface area contributed by atoms with Crippen molar-refractivity contribution in [3.8, 4) is 5.75 Å². The molecule has 0 amide bonds. The third kappa shape index (κ3) is 3.66. The van der Waals surface area contributed by atoms with Crippen LogP contribution in [0.1, 0.15) is 17.5 Å². The molecule has 26 heavy (non-hydrogen) atoms. The summed E-state index contributed by atoms with van der Waals surface area (Å²) in [4.78, 5) is 4.53. The number of nitrogens with zero attached hydrogens (tertiary/aromatic N) is 1. The number of benzene rings is 2. The second kappa shape index (κ2) is 7.35. The van der Waals surface area contributed by atoms with Gasteiger partial charge in [0.05, 0.1) is 19.3 Å². The van der Waals surface area contributed by atoms with Crippen LogP contribution >= 0.6 is 0 Å². The Bertz CT molecular complexity index is 875. The summed E-state index contributed by atoms with van der Waals surface area (Å²) >= 11 is 0. The lowest BCUT2D eigenvalue weighted by atomic mass is 10.1. The van der Waals surface area contributed by atoms with Crippen molar-refractivity contribution in [3.05, 3.63) is 53.6 Å². The average Bonchev–Trinajstić information content (AvgIpc) is 3.05. The van der Waals surface area contributed by atoms with Crippen LogP contribution in [0.2, 0.25) is 0 Å². The molecule has 0 radical (unpaired) electrons. The zero-order chi connectivity index (χ0) is 17.9. The van der Waals surface area contributed by atoms with E-state index in [-0.39, 0.29) is 18.8 Å². The highest BCUT2D eigenvalue weighted by atomic mass is 16.5. The minimum absolute atomic E-state index is 0.0220. The molecule has 2 heterocycles. The molecule has 2 aromatic carbocycles. The summed E-state index contributed by atoms with van der Waals surface area (Å²) in [5, 5.41) is 12.5. The van der Waals surface area contributed by atoms with Gasteiger partial charge in [-0.3, -0.25) is 0 Å². The molecule has 0 spiro atoms. The quantitative estimate of drug-likeness (QED) is 0.732. The number of anilines is 1. The smallest absolute Gasteiger partial charge is 0.296 e. The van der Waals surface area contributed by atoms with E-state index in [0.29, 0.717) is 19.2 Å². The van der Waals surface area contributed by atoms with Gasteiger partial charge in [-0.15, -0.1) is 0 Å². The first-order valence-electron chi connectivity index (χ1n) is 8.79. The van der Waals surface area contributed by atoms with Gasteiger partial charge in [0.1, 0.15) is 17.4 Å². The van der Waals surface area contributed by atoms with Crippen molar-refractivity contribution in [1.29, 1.82) is 0 Å². The topological polar surface area (TPSA) is 76.8 Å². The molecular formula is C20H22N2O4. The van der Waals surface area contributed by atoms with Gasteiger partial charge in [0.2, 0.25) is 0 Å². The Morgan fingerprint density at radius 3 is 2.88 bits per heavy atom. The van der Waals surface area contributed by atoms with Crippen LogP contribution in [-0.4, -0.2) is 35.5 Å². The van der Waals surface area contributed by atoms with E-state index in [4.69, 9.17) is 19.0 Å². The Morgan fingerprint density at radius 1 is 1.23 bits per heavy atom. The van der Waals surface area contributed by atoms with Gasteiger partial charge in [0.25, 0.3) is 6.01 Å². The van der Waals surface area contributed by atoms with Gasteiger partial charge in [0.15, 0.2) is 5.58 Å². The number of ether oxygens (including phenoxy) is 2. The molecule has 6 heteroatoms. The molecule has 2 atom stereocenters. The lowest BCUT2D eigenvalue weighted by molar-refractivity contribution is -0.00102. The molecule has 0 unspecified atom stereocenters. The van der Waals surface area contributed by atoms with E-state index in [1.807, 2.05) is 49.4 Å². The molecule has 0 saturated carbocycles. The van der Waals surface area contributed by atoms with Crippen LogP contribution in [0.25, 0.3) is 11.1 Å². The summed E-state index contributed by atoms with van der Waals surface area (Å²) in [7, 11) is 0. The van der Waals surface area contributed by atoms with Crippen molar-refractivity contribution in [2.45, 2.75) is 32.1 Å². The number of aliphatic hydroxyl groups excluding tert-OH is 1. The number of nitrogens with one attached hydrogen (secondary N) is 1. The molecule has 6 nitrogen and oxygen atoms in total. The molecule has 2 N–H and O–H groups in total. The molecule has 0 aliphatic carbocycles. The molecule has 1 aliphatic heterocycles. The lowest BCUT2D eigenvalue weighted by Gasteiger charge is -2.32. The Balaban J connectivity index is 1.48. The largest absolute Gasteiger partial charge is 0.486 e. The van der Waals surface area contributed by atoms with E-state index in [1.165, 1.54) is 0 Å². The summed E-state index contributed by atoms with van der Waals surface area (Å²) in [6, 6.07) is 13.9. The van der Waals surface area contributed by atoms with Crippen molar-refractivity contribution in [3.63, 3.8) is 0 Å². The zero-order valence-corrected chi connectivity index (χ0v) is 14.6. The summed E-state index contributed by atoms with van der Waals surface area (Å²) in [6.45, 7) is 3.22. The van der Waals surface area contributed by atoms with Crippen LogP contribution < -0.4 is 10.1 Å². The second-order valence-corrected chi connectivity index (χ2v) is 6.56. The SMILES string of the molecule is Cc1ccc2oc(N[C@@H]3CCOC[C@H]3Oc3ccc(CO)cc3)nc2c1. The van der Waals surface area contributed by atoms with Crippen LogP contribution in [0.5, 0.6) is 5.75 Å². The standard InChI is InChI=1S/C20H22N2O4/c1-13-2-7-18-17(10-13)22-20(26-18)21-16-8-9-24-12-19(16)25-15-5-3-14(11-23)4-6-15/h2-7,10,16,19,23H,8-9,11-12H2,1H3,(H,21,22)/t16-,19-/m1/s1. The first-order chi connectivity index (χ1) is 12.7. The van der Waals surface area contributed by atoms with E-state index in [9.17, 15) is 0 Å². The molecule has 136 valence electrons. The van der Waals surface area contributed by atoms with Crippen molar-refractivity contribution in [1.82, 2.24) is 4.98 Å². The third-order valence-corrected chi connectivity index (χ3v) is 4.55. The number of aromatic nitrogens is 1.